The van der Waals surface area contributed by atoms with Crippen LogP contribution in [0.5, 0.6) is 11.5 Å². The number of rotatable bonds is 6. The van der Waals surface area contributed by atoms with Gasteiger partial charge < -0.3 is 25.0 Å². The van der Waals surface area contributed by atoms with Crippen molar-refractivity contribution in [2.45, 2.75) is 12.8 Å². The van der Waals surface area contributed by atoms with Gasteiger partial charge in [0.15, 0.2) is 11.5 Å². The number of anilines is 3. The van der Waals surface area contributed by atoms with Gasteiger partial charge in [-0.3, -0.25) is 14.4 Å². The van der Waals surface area contributed by atoms with Crippen molar-refractivity contribution < 1.29 is 28.2 Å². The van der Waals surface area contributed by atoms with E-state index in [1.54, 1.807) is 35.2 Å². The molecule has 1 unspecified atom stereocenters. The smallest absolute Gasteiger partial charge is 0.239 e. The van der Waals surface area contributed by atoms with Crippen LogP contribution in [0.1, 0.15) is 12.0 Å². The second kappa shape index (κ2) is 10.1. The third kappa shape index (κ3) is 5.00. The first kappa shape index (κ1) is 23.3. The summed E-state index contributed by atoms with van der Waals surface area (Å²) >= 11 is 0. The molecule has 5 rings (SSSR count). The van der Waals surface area contributed by atoms with Crippen LogP contribution in [0.25, 0.3) is 0 Å². The first-order valence-electron chi connectivity index (χ1n) is 11.6. The van der Waals surface area contributed by atoms with E-state index in [2.05, 4.69) is 10.6 Å². The average molecular weight is 490 g/mol. The zero-order valence-corrected chi connectivity index (χ0v) is 19.3. The Hall–Kier alpha value is -4.40. The third-order valence-electron chi connectivity index (χ3n) is 6.07. The highest BCUT2D eigenvalue weighted by Crippen LogP contribution is 2.36. The average Bonchev–Trinajstić information content (AvgIpc) is 3.27. The number of nitrogens with zero attached hydrogens (tertiary/aromatic N) is 1. The Morgan fingerprint density at radius 1 is 0.944 bits per heavy atom. The van der Waals surface area contributed by atoms with E-state index in [9.17, 15) is 18.8 Å². The summed E-state index contributed by atoms with van der Waals surface area (Å²) in [7, 11) is 0. The van der Waals surface area contributed by atoms with Gasteiger partial charge in [-0.05, 0) is 42.3 Å². The SMILES string of the molecule is O=C(Cc1ccccc1)Nc1cc(NC(=O)C2CCN(c3ccc4c(c3)OCCO4)C2=O)ccc1F. The molecule has 2 N–H and O–H groups in total. The van der Waals surface area contributed by atoms with Crippen LogP contribution in [0.15, 0.2) is 66.7 Å². The molecule has 3 aromatic rings. The maximum atomic E-state index is 14.3. The summed E-state index contributed by atoms with van der Waals surface area (Å²) in [5.74, 6) is -1.54. The largest absolute Gasteiger partial charge is 0.486 e. The highest BCUT2D eigenvalue weighted by molar-refractivity contribution is 6.13. The molecule has 0 radical (unpaired) electrons. The topological polar surface area (TPSA) is 97.0 Å². The van der Waals surface area contributed by atoms with Gasteiger partial charge in [0.25, 0.3) is 0 Å². The summed E-state index contributed by atoms with van der Waals surface area (Å²) in [5, 5.41) is 5.22. The van der Waals surface area contributed by atoms with Crippen molar-refractivity contribution in [2.24, 2.45) is 5.92 Å². The lowest BCUT2D eigenvalue weighted by atomic mass is 10.1. The van der Waals surface area contributed by atoms with Crippen molar-refractivity contribution in [3.8, 4) is 11.5 Å². The molecule has 0 spiro atoms. The molecule has 2 heterocycles. The fourth-order valence-corrected chi connectivity index (χ4v) is 4.28. The Morgan fingerprint density at radius 3 is 2.53 bits per heavy atom. The lowest BCUT2D eigenvalue weighted by Crippen LogP contribution is -2.33. The van der Waals surface area contributed by atoms with E-state index >= 15 is 0 Å². The van der Waals surface area contributed by atoms with Crippen molar-refractivity contribution in [2.75, 3.05) is 35.3 Å². The van der Waals surface area contributed by atoms with Gasteiger partial charge >= 0.3 is 0 Å². The van der Waals surface area contributed by atoms with E-state index in [0.717, 1.165) is 11.6 Å². The maximum absolute atomic E-state index is 14.3. The number of halogens is 1. The summed E-state index contributed by atoms with van der Waals surface area (Å²) in [5.41, 5.74) is 1.65. The number of carbonyl (C=O) groups is 3. The second-order valence-corrected chi connectivity index (χ2v) is 8.55. The van der Waals surface area contributed by atoms with Gasteiger partial charge in [-0.25, -0.2) is 4.39 Å². The fourth-order valence-electron chi connectivity index (χ4n) is 4.28. The van der Waals surface area contributed by atoms with Crippen LogP contribution in [-0.2, 0) is 20.8 Å². The predicted molar refractivity (Wildman–Crippen MR) is 132 cm³/mol. The molecule has 184 valence electrons. The predicted octanol–water partition coefficient (Wildman–Crippen LogP) is 3.77. The van der Waals surface area contributed by atoms with Gasteiger partial charge in [0.2, 0.25) is 17.7 Å². The van der Waals surface area contributed by atoms with Crippen molar-refractivity contribution in [3.63, 3.8) is 0 Å². The molecular weight excluding hydrogens is 465 g/mol. The van der Waals surface area contributed by atoms with Gasteiger partial charge in [-0.1, -0.05) is 30.3 Å². The molecule has 1 fully saturated rings. The number of nitrogens with one attached hydrogen (secondary N) is 2. The van der Waals surface area contributed by atoms with Gasteiger partial charge in [0.05, 0.1) is 12.1 Å². The zero-order chi connectivity index (χ0) is 25.1. The fraction of sp³-hybridized carbons (Fsp3) is 0.222. The summed E-state index contributed by atoms with van der Waals surface area (Å²) < 4.78 is 25.4. The van der Waals surface area contributed by atoms with E-state index in [-0.39, 0.29) is 29.6 Å². The molecule has 2 aliphatic heterocycles. The number of hydrogen-bond acceptors (Lipinski definition) is 5. The zero-order valence-electron chi connectivity index (χ0n) is 19.3. The minimum atomic E-state index is -0.889. The molecule has 8 nitrogen and oxygen atoms in total. The van der Waals surface area contributed by atoms with Crippen LogP contribution >= 0.6 is 0 Å². The van der Waals surface area contributed by atoms with Crippen LogP contribution < -0.4 is 25.0 Å². The van der Waals surface area contributed by atoms with E-state index in [1.807, 2.05) is 18.2 Å². The molecule has 0 saturated carbocycles. The number of benzene rings is 3. The van der Waals surface area contributed by atoms with Crippen LogP contribution in [-0.4, -0.2) is 37.5 Å². The first-order valence-corrected chi connectivity index (χ1v) is 11.6. The summed E-state index contributed by atoms with van der Waals surface area (Å²) in [4.78, 5) is 39.8. The lowest BCUT2D eigenvalue weighted by Gasteiger charge is -2.22. The van der Waals surface area contributed by atoms with Gasteiger partial charge in [0.1, 0.15) is 24.9 Å². The van der Waals surface area contributed by atoms with Crippen molar-refractivity contribution in [1.82, 2.24) is 0 Å². The number of fused-ring (bicyclic) bond motifs is 1. The first-order chi connectivity index (χ1) is 17.5. The van der Waals surface area contributed by atoms with Crippen molar-refractivity contribution in [3.05, 3.63) is 78.1 Å². The Kier molecular flexibility index (Phi) is 6.53. The van der Waals surface area contributed by atoms with E-state index < -0.39 is 17.6 Å². The normalized spacial score (nSPS) is 16.5. The Bertz CT molecular complexity index is 1310. The Morgan fingerprint density at radius 2 is 1.72 bits per heavy atom. The van der Waals surface area contributed by atoms with E-state index in [1.165, 1.54) is 12.1 Å². The Balaban J connectivity index is 1.23. The number of ether oxygens (including phenoxy) is 2. The summed E-state index contributed by atoms with van der Waals surface area (Å²) in [6, 6.07) is 18.2. The Labute approximate surface area is 207 Å². The van der Waals surface area contributed by atoms with Crippen LogP contribution in [0.2, 0.25) is 0 Å². The van der Waals surface area contributed by atoms with Crippen LogP contribution in [0.4, 0.5) is 21.5 Å². The van der Waals surface area contributed by atoms with Crippen LogP contribution in [0, 0.1) is 11.7 Å². The molecule has 0 aliphatic carbocycles. The second-order valence-electron chi connectivity index (χ2n) is 8.55. The number of hydrogen-bond donors (Lipinski definition) is 2. The summed E-state index contributed by atoms with van der Waals surface area (Å²) in [6.07, 6.45) is 0.421. The van der Waals surface area contributed by atoms with Crippen molar-refractivity contribution >= 4 is 34.8 Å². The minimum absolute atomic E-state index is 0.0515. The molecular formula is C27H24FN3O5. The lowest BCUT2D eigenvalue weighted by molar-refractivity contribution is -0.129. The number of amides is 3. The molecule has 3 amide bonds. The molecule has 3 aromatic carbocycles. The van der Waals surface area contributed by atoms with Gasteiger partial charge in [-0.2, -0.15) is 0 Å². The highest BCUT2D eigenvalue weighted by atomic mass is 19.1. The molecule has 0 aromatic heterocycles. The van der Waals surface area contributed by atoms with Gasteiger partial charge in [-0.15, -0.1) is 0 Å². The van der Waals surface area contributed by atoms with Crippen molar-refractivity contribution in [1.29, 1.82) is 0 Å². The maximum Gasteiger partial charge on any atom is 0.239 e. The highest BCUT2D eigenvalue weighted by Gasteiger charge is 2.38. The molecule has 36 heavy (non-hydrogen) atoms. The third-order valence-corrected chi connectivity index (χ3v) is 6.07. The minimum Gasteiger partial charge on any atom is -0.486 e. The molecule has 1 atom stereocenters. The monoisotopic (exact) mass is 489 g/mol. The molecule has 9 heteroatoms. The quantitative estimate of drug-likeness (QED) is 0.514. The molecule has 2 aliphatic rings. The standard InChI is InChI=1S/C27H24FN3O5/c28-21-8-6-18(15-22(21)30-25(32)14-17-4-2-1-3-5-17)29-26(33)20-10-11-31(27(20)34)19-7-9-23-24(16-19)36-13-12-35-23/h1-9,15-16,20H,10-14H2,(H,29,33)(H,30,32). The van der Waals surface area contributed by atoms with Crippen LogP contribution in [0.3, 0.4) is 0 Å². The van der Waals surface area contributed by atoms with Gasteiger partial charge in [0, 0.05) is 24.0 Å². The van der Waals surface area contributed by atoms with E-state index in [4.69, 9.17) is 9.47 Å². The summed E-state index contributed by atoms with van der Waals surface area (Å²) in [6.45, 7) is 1.28. The number of carbonyl (C=O) groups excluding carboxylic acids is 3. The molecule has 0 bridgehead atoms. The molecule has 1 saturated heterocycles. The van der Waals surface area contributed by atoms with E-state index in [0.29, 0.717) is 43.4 Å².